The monoisotopic (exact) mass is 570 g/mol. The summed E-state index contributed by atoms with van der Waals surface area (Å²) in [7, 11) is 1.60. The van der Waals surface area contributed by atoms with Gasteiger partial charge in [-0.05, 0) is 59.2 Å². The summed E-state index contributed by atoms with van der Waals surface area (Å²) < 4.78 is 13.5. The van der Waals surface area contributed by atoms with Gasteiger partial charge in [0.25, 0.3) is 5.91 Å². The fourth-order valence-electron chi connectivity index (χ4n) is 4.05. The molecule has 9 heteroatoms. The fourth-order valence-corrected chi connectivity index (χ4v) is 4.98. The third-order valence-electron chi connectivity index (χ3n) is 6.03. The van der Waals surface area contributed by atoms with Gasteiger partial charge in [-0.3, -0.25) is 4.79 Å². The van der Waals surface area contributed by atoms with E-state index in [0.29, 0.717) is 29.7 Å². The highest BCUT2D eigenvalue weighted by molar-refractivity contribution is 7.99. The van der Waals surface area contributed by atoms with Crippen LogP contribution in [-0.2, 0) is 17.9 Å². The number of methoxy groups -OCH3 is 1. The average Bonchev–Trinajstić information content (AvgIpc) is 3.34. The largest absolute Gasteiger partial charge is 0.493 e. The smallest absolute Gasteiger partial charge is 0.250 e. The Bertz CT molecular complexity index is 1620. The van der Waals surface area contributed by atoms with Gasteiger partial charge in [0.1, 0.15) is 6.61 Å². The van der Waals surface area contributed by atoms with Crippen molar-refractivity contribution in [2.45, 2.75) is 18.3 Å². The quantitative estimate of drug-likeness (QED) is 0.110. The van der Waals surface area contributed by atoms with E-state index in [-0.39, 0.29) is 11.7 Å². The maximum atomic E-state index is 12.6. The Hall–Kier alpha value is -4.27. The van der Waals surface area contributed by atoms with Crippen molar-refractivity contribution in [1.29, 1.82) is 0 Å². The van der Waals surface area contributed by atoms with Gasteiger partial charge in [-0.1, -0.05) is 78.0 Å². The number of ether oxygens (including phenoxy) is 2. The molecule has 1 heterocycles. The van der Waals surface area contributed by atoms with E-state index in [0.717, 1.165) is 32.9 Å². The summed E-state index contributed by atoms with van der Waals surface area (Å²) in [5.41, 5.74) is 7.39. The molecular weight excluding hydrogens is 544 g/mol. The molecule has 5 aromatic rings. The predicted molar refractivity (Wildman–Crippen MR) is 161 cm³/mol. The summed E-state index contributed by atoms with van der Waals surface area (Å²) in [6, 6.07) is 31.0. The number of carbonyl (C=O) groups excluding carboxylic acids is 1. The lowest BCUT2D eigenvalue weighted by Gasteiger charge is -2.11. The Balaban J connectivity index is 1.21. The molecular formula is C31H27ClN4O3S. The van der Waals surface area contributed by atoms with Gasteiger partial charge in [-0.2, -0.15) is 5.10 Å². The van der Waals surface area contributed by atoms with Crippen LogP contribution in [0.5, 0.6) is 11.5 Å². The summed E-state index contributed by atoms with van der Waals surface area (Å²) in [5.74, 6) is 1.14. The summed E-state index contributed by atoms with van der Waals surface area (Å²) in [6.07, 6.45) is 1.58. The van der Waals surface area contributed by atoms with E-state index in [1.165, 1.54) is 11.8 Å². The number of fused-ring (bicyclic) bond motifs is 1. The van der Waals surface area contributed by atoms with E-state index in [1.54, 1.807) is 13.3 Å². The molecule has 0 atom stereocenters. The average molecular weight is 571 g/mol. The Labute approximate surface area is 241 Å². The minimum atomic E-state index is -0.236. The minimum absolute atomic E-state index is 0.162. The number of hydrogen-bond acceptors (Lipinski definition) is 6. The van der Waals surface area contributed by atoms with Crippen LogP contribution in [0.1, 0.15) is 16.7 Å². The number of carbonyl (C=O) groups is 1. The van der Waals surface area contributed by atoms with Gasteiger partial charge in [0.05, 0.1) is 36.7 Å². The van der Waals surface area contributed by atoms with Crippen LogP contribution in [0.25, 0.3) is 11.0 Å². The van der Waals surface area contributed by atoms with E-state index < -0.39 is 0 Å². The number of nitrogens with zero attached hydrogens (tertiary/aromatic N) is 3. The van der Waals surface area contributed by atoms with Crippen molar-refractivity contribution in [3.63, 3.8) is 0 Å². The first kappa shape index (κ1) is 27.3. The van der Waals surface area contributed by atoms with Crippen LogP contribution in [0, 0.1) is 0 Å². The molecule has 0 aliphatic heterocycles. The van der Waals surface area contributed by atoms with E-state index in [4.69, 9.17) is 26.1 Å². The molecule has 1 amide bonds. The molecule has 1 aromatic heterocycles. The molecule has 4 aromatic carbocycles. The van der Waals surface area contributed by atoms with Crippen LogP contribution in [-0.4, -0.2) is 34.5 Å². The summed E-state index contributed by atoms with van der Waals surface area (Å²) in [4.78, 5) is 17.4. The number of benzene rings is 4. The number of imidazole rings is 1. The molecule has 0 aliphatic rings. The van der Waals surface area contributed by atoms with Crippen molar-refractivity contribution in [2.24, 2.45) is 5.10 Å². The molecule has 202 valence electrons. The number of thioether (sulfide) groups is 1. The van der Waals surface area contributed by atoms with E-state index in [9.17, 15) is 4.79 Å². The maximum absolute atomic E-state index is 12.6. The van der Waals surface area contributed by atoms with Crippen molar-refractivity contribution in [3.05, 3.63) is 119 Å². The second-order valence-corrected chi connectivity index (χ2v) is 10.2. The standard InChI is InChI=1S/C31H27ClN4O3S/c1-38-28-16-13-24(17-29(28)39-20-23-7-3-2-4-8-23)18-33-35-30(37)21-40-31-34-26-9-5-6-10-27(26)36(31)19-22-11-14-25(32)15-12-22/h2-18H,19-21H2,1H3,(H,35,37)/b33-18+. The van der Waals surface area contributed by atoms with Crippen LogP contribution in [0.3, 0.4) is 0 Å². The lowest BCUT2D eigenvalue weighted by molar-refractivity contribution is -0.118. The first-order chi connectivity index (χ1) is 19.6. The van der Waals surface area contributed by atoms with Crippen LogP contribution in [0.15, 0.2) is 107 Å². The molecule has 40 heavy (non-hydrogen) atoms. The first-order valence-corrected chi connectivity index (χ1v) is 13.9. The zero-order valence-electron chi connectivity index (χ0n) is 21.8. The Morgan fingerprint density at radius 3 is 2.55 bits per heavy atom. The van der Waals surface area contributed by atoms with Crippen LogP contribution in [0.4, 0.5) is 0 Å². The van der Waals surface area contributed by atoms with Gasteiger partial charge in [0.2, 0.25) is 0 Å². The molecule has 0 radical (unpaired) electrons. The Kier molecular flexibility index (Phi) is 9.00. The van der Waals surface area contributed by atoms with Crippen LogP contribution >= 0.6 is 23.4 Å². The number of nitrogens with one attached hydrogen (secondary N) is 1. The van der Waals surface area contributed by atoms with Crippen LogP contribution < -0.4 is 14.9 Å². The molecule has 0 fully saturated rings. The van der Waals surface area contributed by atoms with Crippen LogP contribution in [0.2, 0.25) is 5.02 Å². The second kappa shape index (κ2) is 13.2. The van der Waals surface area contributed by atoms with Gasteiger partial charge in [-0.15, -0.1) is 0 Å². The molecule has 0 spiro atoms. The van der Waals surface area contributed by atoms with E-state index in [2.05, 4.69) is 15.1 Å². The maximum Gasteiger partial charge on any atom is 0.250 e. The number of amides is 1. The molecule has 5 rings (SSSR count). The van der Waals surface area contributed by atoms with Crippen molar-refractivity contribution in [1.82, 2.24) is 15.0 Å². The summed E-state index contributed by atoms with van der Waals surface area (Å²) >= 11 is 7.42. The van der Waals surface area contributed by atoms with E-state index >= 15 is 0 Å². The minimum Gasteiger partial charge on any atom is -0.493 e. The summed E-state index contributed by atoms with van der Waals surface area (Å²) in [6.45, 7) is 1.03. The molecule has 1 N–H and O–H groups in total. The molecule has 0 bridgehead atoms. The molecule has 0 unspecified atom stereocenters. The highest BCUT2D eigenvalue weighted by Crippen LogP contribution is 2.29. The lowest BCUT2D eigenvalue weighted by atomic mass is 10.2. The van der Waals surface area contributed by atoms with Crippen molar-refractivity contribution < 1.29 is 14.3 Å². The second-order valence-electron chi connectivity index (χ2n) is 8.86. The van der Waals surface area contributed by atoms with Crippen molar-refractivity contribution in [3.8, 4) is 11.5 Å². The number of rotatable bonds is 11. The number of hydrogen-bond donors (Lipinski definition) is 1. The number of halogens is 1. The van der Waals surface area contributed by atoms with Gasteiger partial charge < -0.3 is 14.0 Å². The predicted octanol–water partition coefficient (Wildman–Crippen LogP) is 6.57. The third kappa shape index (κ3) is 7.02. The molecule has 0 aliphatic carbocycles. The first-order valence-electron chi connectivity index (χ1n) is 12.6. The highest BCUT2D eigenvalue weighted by atomic mass is 35.5. The van der Waals surface area contributed by atoms with E-state index in [1.807, 2.05) is 97.1 Å². The summed E-state index contributed by atoms with van der Waals surface area (Å²) in [5, 5.41) is 5.58. The zero-order chi connectivity index (χ0) is 27.7. The third-order valence-corrected chi connectivity index (χ3v) is 7.26. The Morgan fingerprint density at radius 1 is 0.975 bits per heavy atom. The number of para-hydroxylation sites is 2. The zero-order valence-corrected chi connectivity index (χ0v) is 23.4. The van der Waals surface area contributed by atoms with Gasteiger partial charge in [-0.25, -0.2) is 10.4 Å². The lowest BCUT2D eigenvalue weighted by Crippen LogP contribution is -2.20. The van der Waals surface area contributed by atoms with Crippen molar-refractivity contribution >= 4 is 46.5 Å². The Morgan fingerprint density at radius 2 is 1.75 bits per heavy atom. The van der Waals surface area contributed by atoms with Gasteiger partial charge in [0, 0.05) is 5.02 Å². The van der Waals surface area contributed by atoms with Gasteiger partial charge in [0.15, 0.2) is 16.7 Å². The molecule has 0 saturated heterocycles. The molecule has 0 saturated carbocycles. The molecule has 7 nitrogen and oxygen atoms in total. The highest BCUT2D eigenvalue weighted by Gasteiger charge is 2.13. The number of hydrazone groups is 1. The van der Waals surface area contributed by atoms with Crippen molar-refractivity contribution in [2.75, 3.05) is 12.9 Å². The SMILES string of the molecule is COc1ccc(/C=N/NC(=O)CSc2nc3ccccc3n2Cc2ccc(Cl)cc2)cc1OCc1ccccc1. The number of aromatic nitrogens is 2. The normalized spacial score (nSPS) is 11.2. The fraction of sp³-hybridized carbons (Fsp3) is 0.129. The van der Waals surface area contributed by atoms with Gasteiger partial charge >= 0.3 is 0 Å². The topological polar surface area (TPSA) is 77.7 Å².